The average molecular weight is 925 g/mol. The van der Waals surface area contributed by atoms with Crippen molar-refractivity contribution in [3.05, 3.63) is 135 Å². The normalized spacial score (nSPS) is 25.8. The van der Waals surface area contributed by atoms with Crippen molar-refractivity contribution in [1.29, 1.82) is 0 Å². The Morgan fingerprint density at radius 1 is 0.429 bits per heavy atom. The van der Waals surface area contributed by atoms with Crippen LogP contribution in [-0.4, -0.2) is 6.71 Å². The van der Waals surface area contributed by atoms with E-state index in [4.69, 9.17) is 4.42 Å². The number of nitrogens with zero attached hydrogens (tertiary/aromatic N) is 2. The van der Waals surface area contributed by atoms with Gasteiger partial charge in [0.1, 0.15) is 5.76 Å². The van der Waals surface area contributed by atoms with Crippen molar-refractivity contribution in [2.24, 2.45) is 0 Å². The summed E-state index contributed by atoms with van der Waals surface area (Å²) in [5.41, 5.74) is 25.4. The average Bonchev–Trinajstić information content (AvgIpc) is 3.73. The number of hydrogen-bond acceptors (Lipinski definition) is 3. The van der Waals surface area contributed by atoms with Gasteiger partial charge in [-0.25, -0.2) is 0 Å². The molecule has 4 heterocycles. The van der Waals surface area contributed by atoms with Gasteiger partial charge in [-0.05, 0) is 211 Å². The third-order valence-electron chi connectivity index (χ3n) is 20.6. The third-order valence-corrected chi connectivity index (χ3v) is 20.6. The van der Waals surface area contributed by atoms with Gasteiger partial charge >= 0.3 is 0 Å². The molecule has 2 atom stereocenters. The second kappa shape index (κ2) is 13.8. The highest BCUT2D eigenvalue weighted by atomic mass is 16.4. The van der Waals surface area contributed by atoms with E-state index >= 15 is 0 Å². The summed E-state index contributed by atoms with van der Waals surface area (Å²) in [6, 6.07) is 34.6. The molecule has 0 saturated carbocycles. The van der Waals surface area contributed by atoms with Crippen LogP contribution in [0, 0.1) is 6.92 Å². The van der Waals surface area contributed by atoms with Crippen LogP contribution in [0.4, 0.5) is 34.3 Å². The van der Waals surface area contributed by atoms with E-state index in [-0.39, 0.29) is 50.0 Å². The first-order valence-electron chi connectivity index (χ1n) is 27.3. The smallest absolute Gasteiger partial charge is 0.256 e. The largest absolute Gasteiger partial charge is 0.444 e. The highest BCUT2D eigenvalue weighted by Gasteiger charge is 2.58. The summed E-state index contributed by atoms with van der Waals surface area (Å²) in [6.07, 6.45) is 10.5. The fourth-order valence-corrected chi connectivity index (χ4v) is 15.9. The van der Waals surface area contributed by atoms with Crippen molar-refractivity contribution >= 4 is 57.4 Å². The minimum atomic E-state index is -0.110. The zero-order chi connectivity index (χ0) is 49.2. The molecular formula is C66H77BN2O. The molecule has 7 aliphatic rings. The minimum Gasteiger partial charge on any atom is -0.444 e. The van der Waals surface area contributed by atoms with Gasteiger partial charge < -0.3 is 9.32 Å². The highest BCUT2D eigenvalue weighted by molar-refractivity contribution is 7.00. The lowest BCUT2D eigenvalue weighted by Gasteiger charge is -2.50. The fourth-order valence-electron chi connectivity index (χ4n) is 15.9. The van der Waals surface area contributed by atoms with E-state index in [1.807, 2.05) is 0 Å². The first-order chi connectivity index (χ1) is 32.8. The number of hydrogen-bond donors (Lipinski definition) is 0. The lowest BCUT2D eigenvalue weighted by Crippen LogP contribution is -2.62. The van der Waals surface area contributed by atoms with Crippen LogP contribution >= 0.6 is 0 Å². The Morgan fingerprint density at radius 2 is 0.957 bits per heavy atom. The molecule has 0 fully saturated rings. The Bertz CT molecular complexity index is 3270. The van der Waals surface area contributed by atoms with Crippen LogP contribution in [0.15, 0.2) is 89.3 Å². The zero-order valence-corrected chi connectivity index (χ0v) is 45.3. The van der Waals surface area contributed by atoms with Crippen LogP contribution in [0.25, 0.3) is 11.1 Å². The van der Waals surface area contributed by atoms with E-state index in [1.54, 1.807) is 11.1 Å². The molecule has 0 amide bonds. The van der Waals surface area contributed by atoms with Crippen molar-refractivity contribution in [2.45, 2.75) is 205 Å². The van der Waals surface area contributed by atoms with E-state index in [0.29, 0.717) is 0 Å². The lowest BCUT2D eigenvalue weighted by molar-refractivity contribution is 0.197. The van der Waals surface area contributed by atoms with Gasteiger partial charge in [0.2, 0.25) is 0 Å². The topological polar surface area (TPSA) is 19.6 Å². The van der Waals surface area contributed by atoms with Crippen LogP contribution in [0.5, 0.6) is 0 Å². The maximum Gasteiger partial charge on any atom is 0.256 e. The van der Waals surface area contributed by atoms with Crippen molar-refractivity contribution in [3.63, 3.8) is 0 Å². The maximum atomic E-state index is 7.90. The monoisotopic (exact) mass is 925 g/mol. The van der Waals surface area contributed by atoms with Crippen molar-refractivity contribution < 1.29 is 4.42 Å². The number of aryl methyl sites for hydroxylation is 1. The number of benzene rings is 5. The fraction of sp³-hybridized carbons (Fsp3) is 0.485. The summed E-state index contributed by atoms with van der Waals surface area (Å²) >= 11 is 0. The molecule has 3 aliphatic heterocycles. The van der Waals surface area contributed by atoms with E-state index in [2.05, 4.69) is 199 Å². The molecule has 2 unspecified atom stereocenters. The standard InChI is InChI=1S/C66H77BN2O/c1-39-31-44-46(62(8,9)26-25-60(44,4)5)36-50(39)69-51-37-47-48-35-49(51)67-55-52(32-41(33-53(55)69)40-19-17-16-18-20-40)68(42-21-22-43-45(34-42)61(6,7)24-23-59(43,2)3)58-56(67)54-57(70-58)64(12,13)28-30-66(54,15)38-65(48,14)29-27-63(47,10)11/h16-22,31-37H,23-30,38H2,1-15H3. The van der Waals surface area contributed by atoms with Gasteiger partial charge in [0.05, 0.1) is 0 Å². The predicted molar refractivity (Wildman–Crippen MR) is 297 cm³/mol. The molecule has 70 heavy (non-hydrogen) atoms. The predicted octanol–water partition coefficient (Wildman–Crippen LogP) is 16.1. The lowest BCUT2D eigenvalue weighted by atomic mass is 9.32. The summed E-state index contributed by atoms with van der Waals surface area (Å²) in [5.74, 6) is 2.27. The quantitative estimate of drug-likeness (QED) is 0.165. The molecular weight excluding hydrogens is 848 g/mol. The molecule has 1 aromatic heterocycles. The summed E-state index contributed by atoms with van der Waals surface area (Å²) in [4.78, 5) is 5.41. The molecule has 5 aromatic carbocycles. The molecule has 0 saturated heterocycles. The Hall–Kier alpha value is -4.96. The van der Waals surface area contributed by atoms with E-state index < -0.39 is 0 Å². The molecule has 0 spiro atoms. The van der Waals surface area contributed by atoms with Crippen molar-refractivity contribution in [1.82, 2.24) is 0 Å². The Balaban J connectivity index is 1.21. The van der Waals surface area contributed by atoms with Gasteiger partial charge in [-0.1, -0.05) is 145 Å². The van der Waals surface area contributed by atoms with Crippen LogP contribution < -0.4 is 26.2 Å². The molecule has 2 bridgehead atoms. The maximum absolute atomic E-state index is 7.90. The SMILES string of the molecule is Cc1cc2c(cc1N1c3cc4c5cc3B3c6c1cc(-c1ccccc1)cc6N(c1ccc6c(c1)C(C)(C)CCC6(C)C)c1oc6c(c13)C(C)(CCC6(C)C)CC5(C)CCC4(C)C)C(C)(C)CCC2(C)C. The molecule has 3 nitrogen and oxygen atoms in total. The summed E-state index contributed by atoms with van der Waals surface area (Å²) in [5, 5.41) is 0. The minimum absolute atomic E-state index is 0.00652. The van der Waals surface area contributed by atoms with Gasteiger partial charge in [0.15, 0.2) is 5.88 Å². The number of rotatable bonds is 3. The molecule has 0 N–H and O–H groups in total. The van der Waals surface area contributed by atoms with Gasteiger partial charge in [-0.15, -0.1) is 0 Å². The number of fused-ring (bicyclic) bond motifs is 2. The van der Waals surface area contributed by atoms with E-state index in [0.717, 1.165) is 25.1 Å². The third kappa shape index (κ3) is 5.95. The van der Waals surface area contributed by atoms with E-state index in [9.17, 15) is 0 Å². The Morgan fingerprint density at radius 3 is 1.61 bits per heavy atom. The Kier molecular flexibility index (Phi) is 8.83. The first-order valence-corrected chi connectivity index (χ1v) is 27.3. The first kappa shape index (κ1) is 44.9. The Labute approximate surface area is 420 Å². The molecule has 360 valence electrons. The molecule has 6 aromatic rings. The zero-order valence-electron chi connectivity index (χ0n) is 45.3. The molecule has 4 heteroatoms. The van der Waals surface area contributed by atoms with Crippen molar-refractivity contribution in [3.8, 4) is 11.1 Å². The second-order valence-electron chi connectivity index (χ2n) is 28.4. The van der Waals surface area contributed by atoms with Gasteiger partial charge in [-0.2, -0.15) is 0 Å². The summed E-state index contributed by atoms with van der Waals surface area (Å²) in [6.45, 7) is 37.5. The van der Waals surface area contributed by atoms with Crippen LogP contribution in [-0.2, 0) is 43.3 Å². The van der Waals surface area contributed by atoms with E-state index in [1.165, 1.54) is 134 Å². The van der Waals surface area contributed by atoms with Crippen LogP contribution in [0.1, 0.15) is 205 Å². The van der Waals surface area contributed by atoms with Gasteiger partial charge in [-0.3, -0.25) is 4.90 Å². The molecule has 4 aliphatic carbocycles. The summed E-state index contributed by atoms with van der Waals surface area (Å²) in [7, 11) is 0. The van der Waals surface area contributed by atoms with Gasteiger partial charge in [0, 0.05) is 33.9 Å². The highest BCUT2D eigenvalue weighted by Crippen LogP contribution is 2.61. The summed E-state index contributed by atoms with van der Waals surface area (Å²) < 4.78 is 7.90. The van der Waals surface area contributed by atoms with Crippen LogP contribution in [0.3, 0.4) is 0 Å². The van der Waals surface area contributed by atoms with Crippen LogP contribution in [0.2, 0.25) is 0 Å². The number of anilines is 6. The molecule has 13 rings (SSSR count). The second-order valence-corrected chi connectivity index (χ2v) is 28.4. The van der Waals surface area contributed by atoms with Crippen molar-refractivity contribution in [2.75, 3.05) is 9.80 Å². The molecule has 0 radical (unpaired) electrons. The number of furan rings is 1. The van der Waals surface area contributed by atoms with Gasteiger partial charge in [0.25, 0.3) is 6.71 Å².